The number of hydrogen-bond donors (Lipinski definition) is 1. The molecule has 13 nitrogen and oxygen atoms in total. The monoisotopic (exact) mass is 999 g/mol. The van der Waals surface area contributed by atoms with Crippen LogP contribution >= 0.6 is 0 Å². The van der Waals surface area contributed by atoms with E-state index in [1.807, 2.05) is 94.9 Å². The molecular formula is C56H75ClMgN8O5. The molecule has 6 aromatic rings. The summed E-state index contributed by atoms with van der Waals surface area (Å²) >= 11 is 0. The van der Waals surface area contributed by atoms with Crippen molar-refractivity contribution in [2.24, 2.45) is 5.92 Å². The van der Waals surface area contributed by atoms with Crippen LogP contribution in [0.3, 0.4) is 0 Å². The van der Waals surface area contributed by atoms with Crippen LogP contribution in [0, 0.1) is 12.3 Å². The molecule has 0 saturated carbocycles. The summed E-state index contributed by atoms with van der Waals surface area (Å²) in [5.74, 6) is 0.168. The van der Waals surface area contributed by atoms with E-state index in [0.29, 0.717) is 52.1 Å². The van der Waals surface area contributed by atoms with E-state index in [2.05, 4.69) is 39.5 Å². The SMILES string of the molecule is C1CCOC1.CC(C)C(O)c1cccc(-c2cnc3nc(N4CCC(N5CCCCC5)CC4)oc3c2)c1.C[CH-]C.O=Cc1cccc(-c2cnc3nc(N4CCC(N5CCCCC5)CC4)oc3c2)c1.[Cl-].[Mg+2]. The van der Waals surface area contributed by atoms with Crippen molar-refractivity contribution >= 4 is 63.8 Å². The second-order valence-corrected chi connectivity index (χ2v) is 19.7. The van der Waals surface area contributed by atoms with Crippen LogP contribution in [0.1, 0.15) is 127 Å². The molecular weight excluding hydrogens is 924 g/mol. The summed E-state index contributed by atoms with van der Waals surface area (Å²) in [5, 5.41) is 10.4. The molecule has 1 N–H and O–H groups in total. The Hall–Kier alpha value is -4.15. The van der Waals surface area contributed by atoms with Crippen molar-refractivity contribution in [2.75, 3.05) is 75.4 Å². The average molecular weight is 1000 g/mol. The Morgan fingerprint density at radius 3 is 1.49 bits per heavy atom. The van der Waals surface area contributed by atoms with E-state index in [1.165, 1.54) is 90.4 Å². The van der Waals surface area contributed by atoms with Crippen LogP contribution in [0.5, 0.6) is 0 Å². The van der Waals surface area contributed by atoms with Gasteiger partial charge in [0.25, 0.3) is 12.0 Å². The van der Waals surface area contributed by atoms with Crippen LogP contribution in [0.2, 0.25) is 0 Å². The first-order valence-electron chi connectivity index (χ1n) is 26.0. The maximum atomic E-state index is 11.1. The van der Waals surface area contributed by atoms with E-state index in [-0.39, 0.29) is 41.4 Å². The minimum Gasteiger partial charge on any atom is -1.00 e. The molecule has 2 aromatic carbocycles. The Kier molecular flexibility index (Phi) is 22.4. The summed E-state index contributed by atoms with van der Waals surface area (Å²) in [5.41, 5.74) is 8.13. The molecule has 5 fully saturated rings. The number of carbonyl (C=O) groups is 1. The minimum atomic E-state index is -0.476. The number of carbonyl (C=O) groups excluding carboxylic acids is 1. The first-order valence-corrected chi connectivity index (χ1v) is 26.0. The van der Waals surface area contributed by atoms with Crippen LogP contribution in [0.4, 0.5) is 12.0 Å². The number of anilines is 2. The number of hydrogen-bond acceptors (Lipinski definition) is 13. The molecule has 11 rings (SSSR count). The van der Waals surface area contributed by atoms with Gasteiger partial charge in [0.05, 0.1) is 6.10 Å². The molecule has 5 aliphatic rings. The Morgan fingerprint density at radius 2 is 1.07 bits per heavy atom. The summed E-state index contributed by atoms with van der Waals surface area (Å²) in [6, 6.07) is 22.3. The largest absolute Gasteiger partial charge is 2.00 e. The van der Waals surface area contributed by atoms with E-state index in [0.717, 1.165) is 86.3 Å². The third kappa shape index (κ3) is 15.2. The number of fused-ring (bicyclic) bond motifs is 2. The maximum absolute atomic E-state index is 11.1. The fourth-order valence-electron chi connectivity index (χ4n) is 10.2. The maximum Gasteiger partial charge on any atom is 2.00 e. The number of likely N-dealkylation sites (tertiary alicyclic amines) is 2. The summed E-state index contributed by atoms with van der Waals surface area (Å²) < 4.78 is 17.2. The number of piperidine rings is 4. The number of oxazole rings is 2. The van der Waals surface area contributed by atoms with Gasteiger partial charge in [-0.15, -0.1) is 0 Å². The smallest absolute Gasteiger partial charge is 1.00 e. The zero-order valence-corrected chi connectivity index (χ0v) is 44.9. The molecule has 0 radical (unpaired) electrons. The van der Waals surface area contributed by atoms with Gasteiger partial charge in [0.15, 0.2) is 11.2 Å². The van der Waals surface area contributed by atoms with Gasteiger partial charge in [-0.3, -0.25) is 4.79 Å². The van der Waals surface area contributed by atoms with E-state index in [9.17, 15) is 9.90 Å². The van der Waals surface area contributed by atoms with Crippen molar-refractivity contribution in [3.8, 4) is 22.3 Å². The number of pyridine rings is 2. The summed E-state index contributed by atoms with van der Waals surface area (Å²) in [6.07, 6.45) is 21.4. The van der Waals surface area contributed by atoms with Crippen LogP contribution in [-0.2, 0) is 4.74 Å². The normalized spacial score (nSPS) is 18.6. The minimum absolute atomic E-state index is 0. The van der Waals surface area contributed by atoms with Crippen molar-refractivity contribution < 1.29 is 35.9 Å². The molecule has 0 spiro atoms. The van der Waals surface area contributed by atoms with Crippen molar-refractivity contribution in [1.29, 1.82) is 0 Å². The fraction of sp³-hybridized carbons (Fsp3) is 0.536. The third-order valence-electron chi connectivity index (χ3n) is 14.1. The van der Waals surface area contributed by atoms with E-state index in [4.69, 9.17) is 13.6 Å². The molecule has 9 heterocycles. The standard InChI is InChI=1S/C26H34N4O2.C23H26N4O2.C4H8O.C3H7.ClH.Mg/c1-18(2)24(31)20-8-6-7-19(15-20)21-16-23-25(27-17-21)28-26(32-23)30-13-9-22(10-14-30)29-11-4-3-5-12-29;28-16-17-5-4-6-18(13-17)19-14-21-22(24-15-19)25-23(29-21)27-11-7-20(8-12-27)26-9-2-1-3-10-26;1-2-4-5-3-1;1-3-2;;/h6-8,15-18,22,24,31H,3-5,9-14H2,1-2H3;4-6,13-16,20H,1-3,7-12H2;1-4H2;3H,1-2H3;1H;/q;;;-1;;+2/p-1. The van der Waals surface area contributed by atoms with Gasteiger partial charge in [0, 0.05) is 80.6 Å². The van der Waals surface area contributed by atoms with Gasteiger partial charge < -0.3 is 57.1 Å². The second kappa shape index (κ2) is 28.3. The van der Waals surface area contributed by atoms with E-state index < -0.39 is 6.10 Å². The van der Waals surface area contributed by atoms with Crippen LogP contribution in [0.25, 0.3) is 44.7 Å². The molecule has 0 bridgehead atoms. The van der Waals surface area contributed by atoms with E-state index >= 15 is 0 Å². The number of nitrogens with zero attached hydrogens (tertiary/aromatic N) is 8. The van der Waals surface area contributed by atoms with E-state index in [1.54, 1.807) is 12.3 Å². The first kappa shape index (κ1) is 56.1. The number of benzene rings is 2. The van der Waals surface area contributed by atoms with Gasteiger partial charge in [0.1, 0.15) is 6.29 Å². The Balaban J connectivity index is 0.000000197. The average Bonchev–Trinajstić information content (AvgIpc) is 4.23. The van der Waals surface area contributed by atoms with Gasteiger partial charge in [-0.1, -0.05) is 63.1 Å². The number of halogens is 1. The predicted molar refractivity (Wildman–Crippen MR) is 282 cm³/mol. The quantitative estimate of drug-likeness (QED) is 0.0857. The van der Waals surface area contributed by atoms with Gasteiger partial charge in [-0.25, -0.2) is 9.97 Å². The Labute approximate surface area is 444 Å². The molecule has 1 atom stereocenters. The zero-order chi connectivity index (χ0) is 48.0. The number of aliphatic hydroxyl groups excluding tert-OH is 1. The third-order valence-corrected chi connectivity index (χ3v) is 14.1. The van der Waals surface area contributed by atoms with Crippen LogP contribution in [-0.4, -0.2) is 142 Å². The molecule has 378 valence electrons. The number of aldehydes is 1. The molecule has 4 aromatic heterocycles. The zero-order valence-electron chi connectivity index (χ0n) is 42.7. The Morgan fingerprint density at radius 1 is 0.620 bits per heavy atom. The molecule has 1 unspecified atom stereocenters. The molecule has 5 saturated heterocycles. The summed E-state index contributed by atoms with van der Waals surface area (Å²) in [7, 11) is 0. The Bertz CT molecular complexity index is 2500. The summed E-state index contributed by atoms with van der Waals surface area (Å²) in [6.45, 7) is 19.0. The first-order chi connectivity index (χ1) is 33.8. The second-order valence-electron chi connectivity index (χ2n) is 19.7. The number of aromatic nitrogens is 4. The van der Waals surface area contributed by atoms with Crippen molar-refractivity contribution in [2.45, 2.75) is 123 Å². The topological polar surface area (TPSA) is 137 Å². The number of rotatable bonds is 9. The van der Waals surface area contributed by atoms with Crippen molar-refractivity contribution in [1.82, 2.24) is 29.7 Å². The van der Waals surface area contributed by atoms with Gasteiger partial charge >= 0.3 is 23.1 Å². The van der Waals surface area contributed by atoms with Crippen LogP contribution in [0.15, 0.2) is 81.9 Å². The predicted octanol–water partition coefficient (Wildman–Crippen LogP) is 7.84. The van der Waals surface area contributed by atoms with Crippen molar-refractivity contribution in [3.63, 3.8) is 0 Å². The molecule has 5 aliphatic heterocycles. The molecule has 15 heteroatoms. The number of ether oxygens (including phenoxy) is 1. The fourth-order valence-corrected chi connectivity index (χ4v) is 10.2. The molecule has 71 heavy (non-hydrogen) atoms. The van der Waals surface area contributed by atoms with Gasteiger partial charge in [-0.2, -0.15) is 23.8 Å². The van der Waals surface area contributed by atoms with Gasteiger partial charge in [-0.05, 0) is 137 Å². The number of aliphatic hydroxyl groups is 1. The molecule has 0 aliphatic carbocycles. The molecule has 0 amide bonds. The van der Waals surface area contributed by atoms with Gasteiger partial charge in [0.2, 0.25) is 11.3 Å². The van der Waals surface area contributed by atoms with Crippen LogP contribution < -0.4 is 22.2 Å². The van der Waals surface area contributed by atoms with Crippen molar-refractivity contribution in [3.05, 3.63) is 90.6 Å². The summed E-state index contributed by atoms with van der Waals surface area (Å²) in [4.78, 5) is 39.3.